The van der Waals surface area contributed by atoms with Gasteiger partial charge in [0.2, 0.25) is 0 Å². The number of hydrogen-bond acceptors (Lipinski definition) is 4. The minimum absolute atomic E-state index is 0.0850. The van der Waals surface area contributed by atoms with Crippen molar-refractivity contribution in [1.82, 2.24) is 0 Å². The van der Waals surface area contributed by atoms with Gasteiger partial charge in [0, 0.05) is 16.6 Å². The van der Waals surface area contributed by atoms with E-state index in [2.05, 4.69) is 15.9 Å². The molecule has 0 fully saturated rings. The summed E-state index contributed by atoms with van der Waals surface area (Å²) in [6.07, 6.45) is 1.87. The lowest BCUT2D eigenvalue weighted by Crippen LogP contribution is -2.16. The van der Waals surface area contributed by atoms with Gasteiger partial charge in [0.25, 0.3) is 0 Å². The number of benzene rings is 1. The minimum Gasteiger partial charge on any atom is -0.482 e. The summed E-state index contributed by atoms with van der Waals surface area (Å²) < 4.78 is 11.3. The summed E-state index contributed by atoms with van der Waals surface area (Å²) in [4.78, 5) is 11.4. The van der Waals surface area contributed by atoms with E-state index in [1.165, 1.54) is 0 Å². The third-order valence-corrected chi connectivity index (χ3v) is 2.84. The van der Waals surface area contributed by atoms with Crippen molar-refractivity contribution in [2.75, 3.05) is 13.2 Å². The highest BCUT2D eigenvalue weighted by Crippen LogP contribution is 2.22. The number of hydrogen-bond donors (Lipinski definition) is 1. The van der Waals surface area contributed by atoms with Crippen LogP contribution in [0.2, 0.25) is 0 Å². The fourth-order valence-corrected chi connectivity index (χ4v) is 1.77. The number of ether oxygens (including phenoxy) is 2. The molecular formula is C13H18BrNO3. The molecular weight excluding hydrogens is 298 g/mol. The molecule has 0 aliphatic rings. The van der Waals surface area contributed by atoms with Crippen molar-refractivity contribution in [3.8, 4) is 5.75 Å². The van der Waals surface area contributed by atoms with Crippen molar-refractivity contribution in [3.05, 3.63) is 28.2 Å². The van der Waals surface area contributed by atoms with Gasteiger partial charge in [0.1, 0.15) is 5.75 Å². The van der Waals surface area contributed by atoms with Gasteiger partial charge < -0.3 is 15.2 Å². The van der Waals surface area contributed by atoms with Crippen LogP contribution in [0.25, 0.3) is 0 Å². The second-order valence-electron chi connectivity index (χ2n) is 3.82. The molecule has 0 spiro atoms. The summed E-state index contributed by atoms with van der Waals surface area (Å²) in [6, 6.07) is 5.50. The van der Waals surface area contributed by atoms with E-state index < -0.39 is 0 Å². The number of unbranched alkanes of at least 4 members (excludes halogenated alkanes) is 1. The molecule has 100 valence electrons. The van der Waals surface area contributed by atoms with Gasteiger partial charge in [-0.25, -0.2) is 4.79 Å². The normalized spacial score (nSPS) is 10.2. The largest absolute Gasteiger partial charge is 0.482 e. The zero-order valence-corrected chi connectivity index (χ0v) is 12.0. The Kier molecular flexibility index (Phi) is 6.75. The first-order valence-corrected chi connectivity index (χ1v) is 6.73. The third-order valence-electron chi connectivity index (χ3n) is 2.35. The van der Waals surface area contributed by atoms with Crippen molar-refractivity contribution < 1.29 is 14.3 Å². The maximum atomic E-state index is 11.4. The quantitative estimate of drug-likeness (QED) is 0.620. The van der Waals surface area contributed by atoms with Crippen LogP contribution in [-0.4, -0.2) is 19.2 Å². The number of carbonyl (C=O) groups is 1. The molecule has 0 unspecified atom stereocenters. The van der Waals surface area contributed by atoms with Crippen molar-refractivity contribution in [3.63, 3.8) is 0 Å². The molecule has 0 amide bonds. The first-order chi connectivity index (χ1) is 8.67. The third kappa shape index (κ3) is 5.06. The average molecular weight is 316 g/mol. The van der Waals surface area contributed by atoms with Crippen LogP contribution in [-0.2, 0) is 16.1 Å². The maximum Gasteiger partial charge on any atom is 0.344 e. The van der Waals surface area contributed by atoms with Gasteiger partial charge in [-0.1, -0.05) is 29.3 Å². The van der Waals surface area contributed by atoms with E-state index in [-0.39, 0.29) is 12.6 Å². The average Bonchev–Trinajstić information content (AvgIpc) is 2.37. The van der Waals surface area contributed by atoms with Gasteiger partial charge in [-0.3, -0.25) is 0 Å². The van der Waals surface area contributed by atoms with Crippen LogP contribution in [0.1, 0.15) is 25.3 Å². The Labute approximate surface area is 116 Å². The lowest BCUT2D eigenvalue weighted by atomic mass is 10.2. The zero-order valence-electron chi connectivity index (χ0n) is 10.4. The standard InChI is InChI=1S/C13H18BrNO3/c1-2-3-6-17-13(16)9-18-12-5-4-11(14)7-10(12)8-15/h4-5,7H,2-3,6,8-9,15H2,1H3. The van der Waals surface area contributed by atoms with E-state index in [0.29, 0.717) is 18.9 Å². The van der Waals surface area contributed by atoms with E-state index in [1.807, 2.05) is 19.1 Å². The fourth-order valence-electron chi connectivity index (χ4n) is 1.36. The lowest BCUT2D eigenvalue weighted by Gasteiger charge is -2.10. The summed E-state index contributed by atoms with van der Waals surface area (Å²) in [5.74, 6) is 0.266. The number of halogens is 1. The highest BCUT2D eigenvalue weighted by molar-refractivity contribution is 9.10. The van der Waals surface area contributed by atoms with E-state index >= 15 is 0 Å². The zero-order chi connectivity index (χ0) is 13.4. The molecule has 0 aliphatic carbocycles. The summed E-state index contributed by atoms with van der Waals surface area (Å²) in [6.45, 7) is 2.76. The van der Waals surface area contributed by atoms with E-state index in [0.717, 1.165) is 22.9 Å². The number of esters is 1. The lowest BCUT2D eigenvalue weighted by molar-refractivity contribution is -0.146. The smallest absolute Gasteiger partial charge is 0.344 e. The Bertz CT molecular complexity index is 396. The molecule has 0 saturated carbocycles. The molecule has 0 aromatic heterocycles. The first-order valence-electron chi connectivity index (χ1n) is 5.94. The van der Waals surface area contributed by atoms with Crippen LogP contribution in [0.15, 0.2) is 22.7 Å². The van der Waals surface area contributed by atoms with Crippen molar-refractivity contribution in [1.29, 1.82) is 0 Å². The van der Waals surface area contributed by atoms with Gasteiger partial charge >= 0.3 is 5.97 Å². The Morgan fingerprint density at radius 2 is 2.22 bits per heavy atom. The second kappa shape index (κ2) is 8.11. The molecule has 0 radical (unpaired) electrons. The molecule has 0 aliphatic heterocycles. The predicted octanol–water partition coefficient (Wildman–Crippen LogP) is 2.63. The van der Waals surface area contributed by atoms with Crippen LogP contribution in [0.3, 0.4) is 0 Å². The van der Waals surface area contributed by atoms with Crippen LogP contribution in [0, 0.1) is 0 Å². The van der Waals surface area contributed by atoms with E-state index in [4.69, 9.17) is 15.2 Å². The molecule has 0 bridgehead atoms. The number of rotatable bonds is 7. The molecule has 0 atom stereocenters. The molecule has 18 heavy (non-hydrogen) atoms. The maximum absolute atomic E-state index is 11.4. The second-order valence-corrected chi connectivity index (χ2v) is 4.73. The number of nitrogens with two attached hydrogens (primary N) is 1. The van der Waals surface area contributed by atoms with Crippen molar-refractivity contribution >= 4 is 21.9 Å². The van der Waals surface area contributed by atoms with Gasteiger partial charge in [0.05, 0.1) is 6.61 Å². The predicted molar refractivity (Wildman–Crippen MR) is 73.4 cm³/mol. The number of carbonyl (C=O) groups excluding carboxylic acids is 1. The van der Waals surface area contributed by atoms with Crippen molar-refractivity contribution in [2.24, 2.45) is 5.73 Å². The first kappa shape index (κ1) is 15.0. The molecule has 0 saturated heterocycles. The Hall–Kier alpha value is -1.07. The summed E-state index contributed by atoms with van der Waals surface area (Å²) in [5, 5.41) is 0. The molecule has 5 heteroatoms. The van der Waals surface area contributed by atoms with Gasteiger partial charge in [-0.2, -0.15) is 0 Å². The molecule has 0 heterocycles. The van der Waals surface area contributed by atoms with Crippen LogP contribution in [0.4, 0.5) is 0 Å². The minimum atomic E-state index is -0.352. The molecule has 1 aromatic carbocycles. The van der Waals surface area contributed by atoms with E-state index in [1.54, 1.807) is 6.07 Å². The van der Waals surface area contributed by atoms with Crippen molar-refractivity contribution in [2.45, 2.75) is 26.3 Å². The van der Waals surface area contributed by atoms with Crippen LogP contribution in [0.5, 0.6) is 5.75 Å². The van der Waals surface area contributed by atoms with Gasteiger partial charge in [-0.05, 0) is 24.6 Å². The Balaban J connectivity index is 2.45. The van der Waals surface area contributed by atoms with Gasteiger partial charge in [0.15, 0.2) is 6.61 Å². The molecule has 4 nitrogen and oxygen atoms in total. The SMILES string of the molecule is CCCCOC(=O)COc1ccc(Br)cc1CN. The monoisotopic (exact) mass is 315 g/mol. The van der Waals surface area contributed by atoms with Crippen LogP contribution >= 0.6 is 15.9 Å². The Morgan fingerprint density at radius 3 is 2.89 bits per heavy atom. The van der Waals surface area contributed by atoms with Crippen LogP contribution < -0.4 is 10.5 Å². The summed E-state index contributed by atoms with van der Waals surface area (Å²) in [5.41, 5.74) is 6.46. The highest BCUT2D eigenvalue weighted by Gasteiger charge is 2.07. The van der Waals surface area contributed by atoms with E-state index in [9.17, 15) is 4.79 Å². The van der Waals surface area contributed by atoms with Gasteiger partial charge in [-0.15, -0.1) is 0 Å². The molecule has 1 aromatic rings. The fraction of sp³-hybridized carbons (Fsp3) is 0.462. The topological polar surface area (TPSA) is 61.5 Å². The Morgan fingerprint density at radius 1 is 1.44 bits per heavy atom. The molecule has 1 rings (SSSR count). The summed E-state index contributed by atoms with van der Waals surface area (Å²) in [7, 11) is 0. The molecule has 2 N–H and O–H groups in total. The summed E-state index contributed by atoms with van der Waals surface area (Å²) >= 11 is 3.36. The highest BCUT2D eigenvalue weighted by atomic mass is 79.9.